The number of aryl methyl sites for hydroxylation is 2. The second-order valence-electron chi connectivity index (χ2n) is 4.13. The zero-order valence-electron chi connectivity index (χ0n) is 10.3. The second kappa shape index (κ2) is 5.04. The van der Waals surface area contributed by atoms with Crippen LogP contribution in [0.2, 0.25) is 0 Å². The van der Waals surface area contributed by atoms with Gasteiger partial charge in [0.1, 0.15) is 17.3 Å². The lowest BCUT2D eigenvalue weighted by molar-refractivity contribution is 0.0951. The summed E-state index contributed by atoms with van der Waals surface area (Å²) in [5.74, 6) is 1.03. The molecule has 0 fully saturated rings. The average molecular weight is 247 g/mol. The highest BCUT2D eigenvalue weighted by atomic mass is 19.1. The zero-order valence-corrected chi connectivity index (χ0v) is 10.3. The first-order valence-corrected chi connectivity index (χ1v) is 5.66. The van der Waals surface area contributed by atoms with Gasteiger partial charge in [-0.15, -0.1) is 0 Å². The predicted octanol–water partition coefficient (Wildman–Crippen LogP) is 2.97. The Balaban J connectivity index is 2.00. The fourth-order valence-electron chi connectivity index (χ4n) is 1.74. The minimum absolute atomic E-state index is 0.228. The number of hydrogen-bond acceptors (Lipinski definition) is 2. The molecule has 0 atom stereocenters. The number of hydrogen-bond donors (Lipinski definition) is 1. The molecule has 0 aliphatic carbocycles. The number of carbonyl (C=O) groups is 1. The van der Waals surface area contributed by atoms with Gasteiger partial charge >= 0.3 is 0 Å². The molecule has 1 heterocycles. The lowest BCUT2D eigenvalue weighted by Gasteiger charge is -2.04. The summed E-state index contributed by atoms with van der Waals surface area (Å²) in [5, 5.41) is 2.77. The molecule has 1 aromatic heterocycles. The number of amides is 1. The van der Waals surface area contributed by atoms with Crippen molar-refractivity contribution in [2.75, 3.05) is 0 Å². The summed E-state index contributed by atoms with van der Waals surface area (Å²) >= 11 is 0. The molecule has 18 heavy (non-hydrogen) atoms. The van der Waals surface area contributed by atoms with E-state index < -0.39 is 0 Å². The minimum Gasteiger partial charge on any atom is -0.466 e. The third-order valence-electron chi connectivity index (χ3n) is 2.69. The van der Waals surface area contributed by atoms with E-state index in [9.17, 15) is 9.18 Å². The standard InChI is InChI=1S/C14H14FNO2/c1-9-7-12(10(2)18-9)8-16-14(17)11-3-5-13(15)6-4-11/h3-7H,8H2,1-2H3,(H,16,17). The molecule has 0 saturated heterocycles. The molecule has 1 aromatic carbocycles. The third kappa shape index (κ3) is 2.77. The summed E-state index contributed by atoms with van der Waals surface area (Å²) in [4.78, 5) is 11.8. The highest BCUT2D eigenvalue weighted by Gasteiger charge is 2.08. The molecule has 3 nitrogen and oxygen atoms in total. The molecule has 1 amide bonds. The van der Waals surface area contributed by atoms with E-state index in [1.165, 1.54) is 24.3 Å². The quantitative estimate of drug-likeness (QED) is 0.906. The second-order valence-corrected chi connectivity index (χ2v) is 4.13. The summed E-state index contributed by atoms with van der Waals surface area (Å²) in [6, 6.07) is 7.33. The van der Waals surface area contributed by atoms with Crippen molar-refractivity contribution in [3.05, 3.63) is 58.8 Å². The van der Waals surface area contributed by atoms with Gasteiger partial charge in [0.05, 0.1) is 0 Å². The predicted molar refractivity (Wildman–Crippen MR) is 65.8 cm³/mol. The van der Waals surface area contributed by atoms with Gasteiger partial charge in [-0.05, 0) is 44.2 Å². The smallest absolute Gasteiger partial charge is 0.251 e. The van der Waals surface area contributed by atoms with Crippen LogP contribution in [0, 0.1) is 19.7 Å². The van der Waals surface area contributed by atoms with Gasteiger partial charge in [0.25, 0.3) is 5.91 Å². The Kier molecular flexibility index (Phi) is 3.46. The summed E-state index contributed by atoms with van der Waals surface area (Å²) in [5.41, 5.74) is 1.39. The molecular formula is C14H14FNO2. The lowest BCUT2D eigenvalue weighted by Crippen LogP contribution is -2.22. The molecule has 0 bridgehead atoms. The van der Waals surface area contributed by atoms with Gasteiger partial charge in [-0.25, -0.2) is 4.39 Å². The lowest BCUT2D eigenvalue weighted by atomic mass is 10.2. The number of furan rings is 1. The van der Waals surface area contributed by atoms with Crippen LogP contribution in [-0.4, -0.2) is 5.91 Å². The van der Waals surface area contributed by atoms with Gasteiger partial charge < -0.3 is 9.73 Å². The Hall–Kier alpha value is -2.10. The van der Waals surface area contributed by atoms with Crippen molar-refractivity contribution >= 4 is 5.91 Å². The van der Waals surface area contributed by atoms with E-state index in [-0.39, 0.29) is 11.7 Å². The Bertz CT molecular complexity index is 558. The molecule has 0 aliphatic heterocycles. The first kappa shape index (κ1) is 12.4. The van der Waals surface area contributed by atoms with Gasteiger partial charge in [-0.2, -0.15) is 0 Å². The van der Waals surface area contributed by atoms with Crippen molar-refractivity contribution in [1.29, 1.82) is 0 Å². The van der Waals surface area contributed by atoms with Crippen LogP contribution in [0.1, 0.15) is 27.4 Å². The first-order chi connectivity index (χ1) is 8.56. The Labute approximate surface area is 105 Å². The van der Waals surface area contributed by atoms with Crippen LogP contribution >= 0.6 is 0 Å². The number of rotatable bonds is 3. The molecule has 2 rings (SSSR count). The molecule has 2 aromatic rings. The molecule has 0 radical (unpaired) electrons. The first-order valence-electron chi connectivity index (χ1n) is 5.66. The van der Waals surface area contributed by atoms with E-state index in [1.54, 1.807) is 0 Å². The van der Waals surface area contributed by atoms with Crippen LogP contribution in [0.5, 0.6) is 0 Å². The highest BCUT2D eigenvalue weighted by molar-refractivity contribution is 5.94. The Morgan fingerprint density at radius 1 is 1.28 bits per heavy atom. The molecule has 94 valence electrons. The maximum atomic E-state index is 12.7. The van der Waals surface area contributed by atoms with Crippen molar-refractivity contribution in [3.8, 4) is 0 Å². The Morgan fingerprint density at radius 3 is 2.50 bits per heavy atom. The molecule has 4 heteroatoms. The SMILES string of the molecule is Cc1cc(CNC(=O)c2ccc(F)cc2)c(C)o1. The largest absolute Gasteiger partial charge is 0.466 e. The van der Waals surface area contributed by atoms with Gasteiger partial charge in [0, 0.05) is 17.7 Å². The van der Waals surface area contributed by atoms with E-state index in [0.717, 1.165) is 17.1 Å². The third-order valence-corrected chi connectivity index (χ3v) is 2.69. The van der Waals surface area contributed by atoms with E-state index in [0.29, 0.717) is 12.1 Å². The maximum absolute atomic E-state index is 12.7. The normalized spacial score (nSPS) is 10.4. The van der Waals surface area contributed by atoms with Crippen molar-refractivity contribution in [3.63, 3.8) is 0 Å². The molecule has 0 saturated carbocycles. The number of nitrogens with one attached hydrogen (secondary N) is 1. The molecular weight excluding hydrogens is 233 g/mol. The van der Waals surface area contributed by atoms with Crippen molar-refractivity contribution in [2.24, 2.45) is 0 Å². The van der Waals surface area contributed by atoms with E-state index in [1.807, 2.05) is 19.9 Å². The van der Waals surface area contributed by atoms with Crippen LogP contribution in [0.3, 0.4) is 0 Å². The van der Waals surface area contributed by atoms with E-state index in [4.69, 9.17) is 4.42 Å². The van der Waals surface area contributed by atoms with Crippen molar-refractivity contribution in [1.82, 2.24) is 5.32 Å². The van der Waals surface area contributed by atoms with Crippen LogP contribution in [0.4, 0.5) is 4.39 Å². The fraction of sp³-hybridized carbons (Fsp3) is 0.214. The minimum atomic E-state index is -0.354. The van der Waals surface area contributed by atoms with Crippen molar-refractivity contribution < 1.29 is 13.6 Å². The molecule has 0 spiro atoms. The summed E-state index contributed by atoms with van der Waals surface area (Å²) < 4.78 is 18.1. The summed E-state index contributed by atoms with van der Waals surface area (Å²) in [6.07, 6.45) is 0. The van der Waals surface area contributed by atoms with E-state index in [2.05, 4.69) is 5.32 Å². The maximum Gasteiger partial charge on any atom is 0.251 e. The van der Waals surface area contributed by atoms with Crippen LogP contribution < -0.4 is 5.32 Å². The average Bonchev–Trinajstić information content (AvgIpc) is 2.66. The van der Waals surface area contributed by atoms with Crippen LogP contribution in [0.15, 0.2) is 34.7 Å². The van der Waals surface area contributed by atoms with Gasteiger partial charge in [-0.1, -0.05) is 0 Å². The molecule has 0 unspecified atom stereocenters. The van der Waals surface area contributed by atoms with Gasteiger partial charge in [0.2, 0.25) is 0 Å². The van der Waals surface area contributed by atoms with Gasteiger partial charge in [0.15, 0.2) is 0 Å². The molecule has 1 N–H and O–H groups in total. The van der Waals surface area contributed by atoms with E-state index >= 15 is 0 Å². The van der Waals surface area contributed by atoms with Gasteiger partial charge in [-0.3, -0.25) is 4.79 Å². The fourth-order valence-corrected chi connectivity index (χ4v) is 1.74. The van der Waals surface area contributed by atoms with Crippen LogP contribution in [-0.2, 0) is 6.54 Å². The monoisotopic (exact) mass is 247 g/mol. The number of carbonyl (C=O) groups excluding carboxylic acids is 1. The summed E-state index contributed by atoms with van der Waals surface area (Å²) in [7, 11) is 0. The van der Waals surface area contributed by atoms with Crippen LogP contribution in [0.25, 0.3) is 0 Å². The molecule has 0 aliphatic rings. The summed E-state index contributed by atoms with van der Waals surface area (Å²) in [6.45, 7) is 4.12. The van der Waals surface area contributed by atoms with Crippen molar-refractivity contribution in [2.45, 2.75) is 20.4 Å². The number of halogens is 1. The zero-order chi connectivity index (χ0) is 13.1. The number of benzene rings is 1. The topological polar surface area (TPSA) is 42.2 Å². The highest BCUT2D eigenvalue weighted by Crippen LogP contribution is 2.13. The Morgan fingerprint density at radius 2 is 1.94 bits per heavy atom.